The fourth-order valence-electron chi connectivity index (χ4n) is 2.34. The summed E-state index contributed by atoms with van der Waals surface area (Å²) >= 11 is 14.6. The normalized spacial score (nSPS) is 12.3. The highest BCUT2D eigenvalue weighted by Crippen LogP contribution is 2.23. The van der Waals surface area contributed by atoms with E-state index in [1.165, 1.54) is 26.7 Å². The number of nitrogens with zero attached hydrogens (tertiary/aromatic N) is 2. The van der Waals surface area contributed by atoms with Crippen molar-refractivity contribution >= 4 is 57.3 Å². The van der Waals surface area contributed by atoms with Gasteiger partial charge in [0, 0.05) is 5.69 Å². The Balaban J connectivity index is 1.67. The van der Waals surface area contributed by atoms with Gasteiger partial charge in [-0.15, -0.1) is 16.4 Å². The number of thiophene rings is 1. The summed E-state index contributed by atoms with van der Waals surface area (Å²) in [6.45, 7) is 3.69. The van der Waals surface area contributed by atoms with Crippen molar-refractivity contribution in [1.29, 1.82) is 0 Å². The number of hydrogen-bond acceptors (Lipinski definition) is 5. The number of aryl methyl sites for hydroxylation is 1. The summed E-state index contributed by atoms with van der Waals surface area (Å²) in [7, 11) is 2.13. The highest BCUT2D eigenvalue weighted by atomic mass is 35.5. The average molecular weight is 398 g/mol. The van der Waals surface area contributed by atoms with Gasteiger partial charge in [0.1, 0.15) is 6.54 Å². The molecule has 0 aliphatic rings. The summed E-state index contributed by atoms with van der Waals surface area (Å²) in [5, 5.41) is 8.78. The molecular weight excluding hydrogens is 380 g/mol. The molecule has 2 N–H and O–H groups in total. The van der Waals surface area contributed by atoms with Crippen LogP contribution in [0.2, 0.25) is 4.34 Å². The third-order valence-corrected chi connectivity index (χ3v) is 5.97. The standard InChI is InChI=1S/C16H17ClN4S3/c1-11-5-3-4-6-13(11)18-15-19-21(16(22)24-15)10-20(2)9-12-7-8-14(17)23-12/h3-8H,9-10H2,1-2H3,(H,18,19)/p+1. The minimum atomic E-state index is 0.723. The fraction of sp³-hybridized carbons (Fsp3) is 0.250. The molecule has 0 saturated heterocycles. The van der Waals surface area contributed by atoms with Gasteiger partial charge in [0.25, 0.3) is 0 Å². The summed E-state index contributed by atoms with van der Waals surface area (Å²) < 4.78 is 3.48. The molecule has 4 nitrogen and oxygen atoms in total. The van der Waals surface area contributed by atoms with Crippen LogP contribution in [0.1, 0.15) is 10.4 Å². The van der Waals surface area contributed by atoms with E-state index >= 15 is 0 Å². The molecule has 126 valence electrons. The molecule has 1 atom stereocenters. The summed E-state index contributed by atoms with van der Waals surface area (Å²) in [5.41, 5.74) is 2.24. The predicted octanol–water partition coefficient (Wildman–Crippen LogP) is 4.11. The molecule has 0 saturated carbocycles. The molecule has 24 heavy (non-hydrogen) atoms. The Morgan fingerprint density at radius 2 is 2.04 bits per heavy atom. The number of benzene rings is 1. The maximum absolute atomic E-state index is 5.99. The lowest BCUT2D eigenvalue weighted by Crippen LogP contribution is -3.06. The zero-order chi connectivity index (χ0) is 17.1. The molecule has 2 heterocycles. The lowest BCUT2D eigenvalue weighted by atomic mass is 10.2. The van der Waals surface area contributed by atoms with Crippen LogP contribution in [0.4, 0.5) is 10.8 Å². The second kappa shape index (κ2) is 7.76. The molecule has 0 spiro atoms. The monoisotopic (exact) mass is 397 g/mol. The molecule has 8 heteroatoms. The number of quaternary nitrogens is 1. The van der Waals surface area contributed by atoms with E-state index in [1.807, 2.05) is 28.9 Å². The van der Waals surface area contributed by atoms with Gasteiger partial charge in [-0.1, -0.05) is 41.1 Å². The zero-order valence-corrected chi connectivity index (χ0v) is 16.6. The summed E-state index contributed by atoms with van der Waals surface area (Å²) in [4.78, 5) is 2.56. The molecule has 1 aromatic carbocycles. The number of halogens is 1. The number of anilines is 2. The molecular formula is C16H18ClN4S3+. The summed E-state index contributed by atoms with van der Waals surface area (Å²) in [6, 6.07) is 12.2. The quantitative estimate of drug-likeness (QED) is 0.614. The Kier molecular flexibility index (Phi) is 5.68. The minimum Gasteiger partial charge on any atom is -0.330 e. The van der Waals surface area contributed by atoms with Crippen molar-refractivity contribution in [2.75, 3.05) is 12.4 Å². The van der Waals surface area contributed by atoms with Crippen molar-refractivity contribution in [3.63, 3.8) is 0 Å². The van der Waals surface area contributed by atoms with E-state index in [4.69, 9.17) is 23.8 Å². The van der Waals surface area contributed by atoms with Crippen LogP contribution in [-0.2, 0) is 13.2 Å². The minimum absolute atomic E-state index is 0.723. The van der Waals surface area contributed by atoms with Gasteiger partial charge in [-0.3, -0.25) is 0 Å². The number of para-hydroxylation sites is 1. The zero-order valence-electron chi connectivity index (χ0n) is 13.4. The molecule has 0 aliphatic carbocycles. The van der Waals surface area contributed by atoms with Gasteiger partial charge >= 0.3 is 0 Å². The molecule has 0 amide bonds. The van der Waals surface area contributed by atoms with Gasteiger partial charge in [-0.25, -0.2) is 0 Å². The van der Waals surface area contributed by atoms with E-state index in [-0.39, 0.29) is 0 Å². The molecule has 2 aromatic heterocycles. The maximum atomic E-state index is 5.99. The largest absolute Gasteiger partial charge is 0.330 e. The van der Waals surface area contributed by atoms with Crippen LogP contribution < -0.4 is 10.2 Å². The van der Waals surface area contributed by atoms with E-state index in [1.54, 1.807) is 11.3 Å². The third-order valence-electron chi connectivity index (χ3n) is 3.52. The van der Waals surface area contributed by atoms with Crippen molar-refractivity contribution in [3.05, 3.63) is 55.1 Å². The second-order valence-electron chi connectivity index (χ2n) is 5.61. The molecule has 0 radical (unpaired) electrons. The SMILES string of the molecule is Cc1ccccc1Nc1nn(C[NH+](C)Cc2ccc(Cl)s2)c(=S)s1. The first-order valence-corrected chi connectivity index (χ1v) is 9.89. The molecule has 3 rings (SSSR count). The van der Waals surface area contributed by atoms with Crippen LogP contribution in [0.3, 0.4) is 0 Å². The van der Waals surface area contributed by atoms with E-state index < -0.39 is 0 Å². The second-order valence-corrected chi connectivity index (χ2v) is 9.03. The Labute approximate surface area is 159 Å². The first kappa shape index (κ1) is 17.6. The lowest BCUT2D eigenvalue weighted by Gasteiger charge is -2.12. The molecule has 3 aromatic rings. The molecule has 0 fully saturated rings. The van der Waals surface area contributed by atoms with Gasteiger partial charge in [-0.05, 0) is 42.9 Å². The maximum Gasteiger partial charge on any atom is 0.209 e. The van der Waals surface area contributed by atoms with Crippen LogP contribution >= 0.6 is 46.5 Å². The highest BCUT2D eigenvalue weighted by molar-refractivity contribution is 7.73. The van der Waals surface area contributed by atoms with Gasteiger partial charge in [0.2, 0.25) is 5.13 Å². The topological polar surface area (TPSA) is 34.3 Å². The number of rotatable bonds is 6. The van der Waals surface area contributed by atoms with Crippen LogP contribution in [0.25, 0.3) is 0 Å². The Bertz CT molecular complexity index is 883. The number of aromatic nitrogens is 2. The number of hydrogen-bond donors (Lipinski definition) is 2. The van der Waals surface area contributed by atoms with Crippen molar-refractivity contribution in [2.45, 2.75) is 20.1 Å². The van der Waals surface area contributed by atoms with E-state index in [2.05, 4.69) is 36.5 Å². The van der Waals surface area contributed by atoms with Crippen molar-refractivity contribution < 1.29 is 4.90 Å². The predicted molar refractivity (Wildman–Crippen MR) is 105 cm³/mol. The third kappa shape index (κ3) is 4.43. The lowest BCUT2D eigenvalue weighted by molar-refractivity contribution is -0.917. The van der Waals surface area contributed by atoms with Crippen molar-refractivity contribution in [3.8, 4) is 0 Å². The van der Waals surface area contributed by atoms with Crippen LogP contribution in [0.15, 0.2) is 36.4 Å². The Morgan fingerprint density at radius 1 is 1.25 bits per heavy atom. The first-order valence-electron chi connectivity index (χ1n) is 7.47. The van der Waals surface area contributed by atoms with Gasteiger partial charge in [0.05, 0.1) is 16.3 Å². The molecule has 0 bridgehead atoms. The van der Waals surface area contributed by atoms with Crippen LogP contribution in [-0.4, -0.2) is 16.8 Å². The summed E-state index contributed by atoms with van der Waals surface area (Å²) in [5.74, 6) is 0. The van der Waals surface area contributed by atoms with Crippen LogP contribution in [0.5, 0.6) is 0 Å². The smallest absolute Gasteiger partial charge is 0.209 e. The summed E-state index contributed by atoms with van der Waals surface area (Å²) in [6.07, 6.45) is 0. The van der Waals surface area contributed by atoms with Crippen molar-refractivity contribution in [2.24, 2.45) is 0 Å². The molecule has 0 aliphatic heterocycles. The van der Waals surface area contributed by atoms with E-state index in [0.29, 0.717) is 0 Å². The van der Waals surface area contributed by atoms with E-state index in [9.17, 15) is 0 Å². The van der Waals surface area contributed by atoms with Crippen molar-refractivity contribution in [1.82, 2.24) is 9.78 Å². The molecule has 1 unspecified atom stereocenters. The van der Waals surface area contributed by atoms with Crippen LogP contribution in [0, 0.1) is 10.9 Å². The Hall–Kier alpha value is -1.25. The fourth-order valence-corrected chi connectivity index (χ4v) is 4.56. The Morgan fingerprint density at radius 3 is 2.75 bits per heavy atom. The number of nitrogens with one attached hydrogen (secondary N) is 2. The van der Waals surface area contributed by atoms with Gasteiger partial charge in [0.15, 0.2) is 10.6 Å². The van der Waals surface area contributed by atoms with E-state index in [0.717, 1.165) is 32.3 Å². The highest BCUT2D eigenvalue weighted by Gasteiger charge is 2.11. The average Bonchev–Trinajstić information content (AvgIpc) is 3.08. The van der Waals surface area contributed by atoms with Gasteiger partial charge in [-0.2, -0.15) is 4.68 Å². The van der Waals surface area contributed by atoms with Gasteiger partial charge < -0.3 is 10.2 Å². The first-order chi connectivity index (χ1) is 11.5.